The topological polar surface area (TPSA) is 58.6 Å². The van der Waals surface area contributed by atoms with Crippen LogP contribution in [0, 0.1) is 5.92 Å². The van der Waals surface area contributed by atoms with Crippen molar-refractivity contribution in [1.29, 1.82) is 0 Å². The molecule has 0 heterocycles. The van der Waals surface area contributed by atoms with Crippen LogP contribution >= 0.6 is 0 Å². The molecule has 0 unspecified atom stereocenters. The second kappa shape index (κ2) is 6.91. The van der Waals surface area contributed by atoms with E-state index in [1.165, 1.54) is 6.08 Å². The van der Waals surface area contributed by atoms with Crippen molar-refractivity contribution in [3.63, 3.8) is 0 Å². The molecular formula is C16H19NO3. The lowest BCUT2D eigenvalue weighted by Gasteiger charge is -2.10. The molecule has 106 valence electrons. The van der Waals surface area contributed by atoms with Crippen molar-refractivity contribution in [2.24, 2.45) is 5.92 Å². The summed E-state index contributed by atoms with van der Waals surface area (Å²) < 4.78 is 5.13. The Hall–Kier alpha value is -2.07. The zero-order chi connectivity index (χ0) is 14.4. The fourth-order valence-corrected chi connectivity index (χ4v) is 2.16. The first-order valence-electron chi connectivity index (χ1n) is 6.63. The highest BCUT2D eigenvalue weighted by Crippen LogP contribution is 2.17. The maximum absolute atomic E-state index is 11.8. The highest BCUT2D eigenvalue weighted by molar-refractivity contribution is 5.92. The molecule has 1 aromatic rings. The van der Waals surface area contributed by atoms with Gasteiger partial charge >= 0.3 is 0 Å². The van der Waals surface area contributed by atoms with Gasteiger partial charge in [0.15, 0.2) is 0 Å². The molecule has 0 aliphatic heterocycles. The molecule has 0 radical (unpaired) electrons. The number of carbonyl (C=O) groups is 1. The zero-order valence-corrected chi connectivity index (χ0v) is 11.5. The molecular weight excluding hydrogens is 254 g/mol. The summed E-state index contributed by atoms with van der Waals surface area (Å²) in [4.78, 5) is 11.8. The highest BCUT2D eigenvalue weighted by Gasteiger charge is 2.18. The van der Waals surface area contributed by atoms with Gasteiger partial charge in [-0.25, -0.2) is 0 Å². The van der Waals surface area contributed by atoms with Crippen LogP contribution in [0.5, 0.6) is 5.75 Å². The Balaban J connectivity index is 1.88. The molecule has 0 spiro atoms. The van der Waals surface area contributed by atoms with Gasteiger partial charge in [-0.2, -0.15) is 0 Å². The third-order valence-corrected chi connectivity index (χ3v) is 3.26. The van der Waals surface area contributed by atoms with Crippen LogP contribution in [-0.4, -0.2) is 30.8 Å². The minimum absolute atomic E-state index is 0.00890. The molecule has 2 N–H and O–H groups in total. The first-order chi connectivity index (χ1) is 9.71. The number of methoxy groups -OCH3 is 1. The van der Waals surface area contributed by atoms with Crippen LogP contribution < -0.4 is 10.1 Å². The summed E-state index contributed by atoms with van der Waals surface area (Å²) in [6, 6.07) is 7.51. The molecule has 0 fully saturated rings. The molecule has 0 saturated heterocycles. The SMILES string of the molecule is COc1cccc(/C=C/C(=O)N[C@@H]2C=C[C@H](CO)C2)c1. The maximum atomic E-state index is 11.8. The number of aliphatic hydroxyl groups is 1. The van der Waals surface area contributed by atoms with E-state index in [1.54, 1.807) is 13.2 Å². The monoisotopic (exact) mass is 273 g/mol. The molecule has 1 aromatic carbocycles. The van der Waals surface area contributed by atoms with Gasteiger partial charge in [0.25, 0.3) is 0 Å². The van der Waals surface area contributed by atoms with Crippen LogP contribution in [0.1, 0.15) is 12.0 Å². The summed E-state index contributed by atoms with van der Waals surface area (Å²) in [5.74, 6) is 0.779. The molecule has 20 heavy (non-hydrogen) atoms. The largest absolute Gasteiger partial charge is 0.497 e. The standard InChI is InChI=1S/C16H19NO3/c1-20-15-4-2-3-12(10-15)6-8-16(19)17-14-7-5-13(9-14)11-18/h2-8,10,13-14,18H,9,11H2,1H3,(H,17,19)/b8-6+/t13-,14+/m0/s1. The van der Waals surface area contributed by atoms with Gasteiger partial charge in [-0.1, -0.05) is 24.3 Å². The molecule has 1 aliphatic rings. The van der Waals surface area contributed by atoms with Crippen LogP contribution in [-0.2, 0) is 4.79 Å². The molecule has 0 saturated carbocycles. The molecule has 0 bridgehead atoms. The fourth-order valence-electron chi connectivity index (χ4n) is 2.16. The van der Waals surface area contributed by atoms with Gasteiger partial charge in [-0.3, -0.25) is 4.79 Å². The normalized spacial score (nSPS) is 21.3. The molecule has 4 heteroatoms. The van der Waals surface area contributed by atoms with Crippen LogP contribution in [0.15, 0.2) is 42.5 Å². The Morgan fingerprint density at radius 3 is 3.05 bits per heavy atom. The maximum Gasteiger partial charge on any atom is 0.244 e. The van der Waals surface area contributed by atoms with E-state index in [1.807, 2.05) is 36.4 Å². The Morgan fingerprint density at radius 2 is 2.35 bits per heavy atom. The van der Waals surface area contributed by atoms with Crippen molar-refractivity contribution in [3.05, 3.63) is 48.1 Å². The summed E-state index contributed by atoms with van der Waals surface area (Å²) in [6.07, 6.45) is 7.89. The summed E-state index contributed by atoms with van der Waals surface area (Å²) in [5.41, 5.74) is 0.912. The quantitative estimate of drug-likeness (QED) is 0.635. The number of rotatable bonds is 5. The number of nitrogens with one attached hydrogen (secondary N) is 1. The summed E-state index contributed by atoms with van der Waals surface area (Å²) in [5, 5.41) is 11.9. The minimum atomic E-state index is -0.138. The molecule has 1 aliphatic carbocycles. The van der Waals surface area contributed by atoms with Gasteiger partial charge < -0.3 is 15.2 Å². The van der Waals surface area contributed by atoms with Crippen LogP contribution in [0.25, 0.3) is 6.08 Å². The first-order valence-corrected chi connectivity index (χ1v) is 6.63. The fraction of sp³-hybridized carbons (Fsp3) is 0.312. The van der Waals surface area contributed by atoms with Gasteiger partial charge in [0.05, 0.1) is 7.11 Å². The average molecular weight is 273 g/mol. The Morgan fingerprint density at radius 1 is 1.50 bits per heavy atom. The third-order valence-electron chi connectivity index (χ3n) is 3.26. The second-order valence-corrected chi connectivity index (χ2v) is 4.79. The lowest BCUT2D eigenvalue weighted by molar-refractivity contribution is -0.116. The second-order valence-electron chi connectivity index (χ2n) is 4.79. The van der Waals surface area contributed by atoms with Gasteiger partial charge in [0.1, 0.15) is 5.75 Å². The van der Waals surface area contributed by atoms with E-state index in [2.05, 4.69) is 5.32 Å². The van der Waals surface area contributed by atoms with E-state index in [0.29, 0.717) is 0 Å². The predicted octanol–water partition coefficient (Wildman–Crippen LogP) is 1.76. The van der Waals surface area contributed by atoms with E-state index >= 15 is 0 Å². The Labute approximate surface area is 118 Å². The van der Waals surface area contributed by atoms with Crippen molar-refractivity contribution < 1.29 is 14.6 Å². The van der Waals surface area contributed by atoms with Crippen molar-refractivity contribution in [1.82, 2.24) is 5.32 Å². The lowest BCUT2D eigenvalue weighted by atomic mass is 10.1. The average Bonchev–Trinajstić information content (AvgIpc) is 2.93. The molecule has 2 rings (SSSR count). The van der Waals surface area contributed by atoms with Crippen LogP contribution in [0.3, 0.4) is 0 Å². The van der Waals surface area contributed by atoms with Crippen molar-refractivity contribution in [3.8, 4) is 5.75 Å². The Kier molecular flexibility index (Phi) is 4.96. The van der Waals surface area contributed by atoms with Crippen LogP contribution in [0.2, 0.25) is 0 Å². The van der Waals surface area contributed by atoms with E-state index in [9.17, 15) is 4.79 Å². The third kappa shape index (κ3) is 3.96. The molecule has 0 aromatic heterocycles. The Bertz CT molecular complexity index is 522. The van der Waals surface area contributed by atoms with Gasteiger partial charge in [-0.05, 0) is 30.2 Å². The number of hydrogen-bond acceptors (Lipinski definition) is 3. The highest BCUT2D eigenvalue weighted by atomic mass is 16.5. The summed E-state index contributed by atoms with van der Waals surface area (Å²) in [7, 11) is 1.61. The zero-order valence-electron chi connectivity index (χ0n) is 11.5. The number of aliphatic hydroxyl groups excluding tert-OH is 1. The number of amides is 1. The molecule has 2 atom stereocenters. The van der Waals surface area contributed by atoms with Gasteiger partial charge in [0, 0.05) is 24.6 Å². The van der Waals surface area contributed by atoms with Crippen molar-refractivity contribution >= 4 is 12.0 Å². The van der Waals surface area contributed by atoms with Crippen molar-refractivity contribution in [2.45, 2.75) is 12.5 Å². The van der Waals surface area contributed by atoms with Crippen molar-refractivity contribution in [2.75, 3.05) is 13.7 Å². The number of hydrogen-bond donors (Lipinski definition) is 2. The minimum Gasteiger partial charge on any atom is -0.497 e. The number of ether oxygens (including phenoxy) is 1. The van der Waals surface area contributed by atoms with E-state index in [4.69, 9.17) is 9.84 Å². The molecule has 4 nitrogen and oxygen atoms in total. The van der Waals surface area contributed by atoms with Crippen LogP contribution in [0.4, 0.5) is 0 Å². The lowest BCUT2D eigenvalue weighted by Crippen LogP contribution is -2.31. The molecule has 1 amide bonds. The predicted molar refractivity (Wildman–Crippen MR) is 78.3 cm³/mol. The number of carbonyl (C=O) groups excluding carboxylic acids is 1. The number of benzene rings is 1. The summed E-state index contributed by atoms with van der Waals surface area (Å²) >= 11 is 0. The first kappa shape index (κ1) is 14.3. The van der Waals surface area contributed by atoms with Gasteiger partial charge in [-0.15, -0.1) is 0 Å². The van der Waals surface area contributed by atoms with Gasteiger partial charge in [0.2, 0.25) is 5.91 Å². The smallest absolute Gasteiger partial charge is 0.244 e. The van der Waals surface area contributed by atoms with E-state index in [0.717, 1.165) is 17.7 Å². The van der Waals surface area contributed by atoms with E-state index < -0.39 is 0 Å². The summed E-state index contributed by atoms with van der Waals surface area (Å²) in [6.45, 7) is 0.127. The van der Waals surface area contributed by atoms with E-state index in [-0.39, 0.29) is 24.5 Å².